The second-order valence-corrected chi connectivity index (χ2v) is 13.2. The summed E-state index contributed by atoms with van der Waals surface area (Å²) < 4.78 is 2.45. The number of halogens is 2. The molecule has 0 spiro atoms. The molecule has 21 heavy (non-hydrogen) atoms. The van der Waals surface area contributed by atoms with Gasteiger partial charge in [-0.15, -0.1) is 0 Å². The smallest absolute Gasteiger partial charge is 0.171 e. The van der Waals surface area contributed by atoms with Crippen molar-refractivity contribution < 1.29 is 0 Å². The summed E-state index contributed by atoms with van der Waals surface area (Å²) in [5.41, 5.74) is 2.82. The zero-order valence-electron chi connectivity index (χ0n) is 13.6. The lowest BCUT2D eigenvalue weighted by Crippen LogP contribution is -2.51. The molecule has 0 unspecified atom stereocenters. The molecular weight excluding hydrogens is 319 g/mol. The minimum atomic E-state index is -1.80. The molecule has 0 aliphatic rings. The van der Waals surface area contributed by atoms with Crippen LogP contribution < -0.4 is 0 Å². The maximum absolute atomic E-state index is 6.36. The van der Waals surface area contributed by atoms with Crippen LogP contribution in [0.5, 0.6) is 0 Å². The van der Waals surface area contributed by atoms with E-state index < -0.39 is 8.24 Å². The predicted molar refractivity (Wildman–Crippen MR) is 96.2 cm³/mol. The fraction of sp³-hybridized carbons (Fsp3) is 0.562. The van der Waals surface area contributed by atoms with Gasteiger partial charge >= 0.3 is 0 Å². The van der Waals surface area contributed by atoms with E-state index in [1.54, 1.807) is 6.20 Å². The predicted octanol–water partition coefficient (Wildman–Crippen LogP) is 6.37. The highest BCUT2D eigenvalue weighted by Gasteiger charge is 2.46. The second kappa shape index (κ2) is 5.94. The molecule has 116 valence electrons. The van der Waals surface area contributed by atoms with E-state index in [9.17, 15) is 0 Å². The Morgan fingerprint density at radius 3 is 2.00 bits per heavy atom. The van der Waals surface area contributed by atoms with E-state index in [0.717, 1.165) is 11.0 Å². The Balaban J connectivity index is 2.81. The van der Waals surface area contributed by atoms with E-state index in [1.165, 1.54) is 0 Å². The van der Waals surface area contributed by atoms with E-state index in [2.05, 4.69) is 63.0 Å². The van der Waals surface area contributed by atoms with Gasteiger partial charge in [-0.3, -0.25) is 0 Å². The number of hydrogen-bond donors (Lipinski definition) is 0. The van der Waals surface area contributed by atoms with Crippen LogP contribution in [0.2, 0.25) is 26.7 Å². The highest BCUT2D eigenvalue weighted by molar-refractivity contribution is 6.82. The molecule has 2 nitrogen and oxygen atoms in total. The minimum Gasteiger partial charge on any atom is -0.359 e. The number of nitrogens with zero attached hydrogens (tertiary/aromatic N) is 2. The van der Waals surface area contributed by atoms with Gasteiger partial charge < -0.3 is 4.23 Å². The van der Waals surface area contributed by atoms with Crippen molar-refractivity contribution in [3.63, 3.8) is 0 Å². The summed E-state index contributed by atoms with van der Waals surface area (Å²) in [6.45, 7) is 14.1. The summed E-state index contributed by atoms with van der Waals surface area (Å²) in [5, 5.41) is 2.09. The SMILES string of the molecule is CC(C)[Si](C(C)C)(C(C)C)n1ccc2c(Cl)c(Cl)cnc21. The zero-order valence-corrected chi connectivity index (χ0v) is 16.1. The summed E-state index contributed by atoms with van der Waals surface area (Å²) >= 11 is 12.5. The number of pyridine rings is 1. The molecule has 0 aromatic carbocycles. The lowest BCUT2D eigenvalue weighted by Gasteiger charge is -2.44. The van der Waals surface area contributed by atoms with E-state index in [0.29, 0.717) is 26.7 Å². The summed E-state index contributed by atoms with van der Waals surface area (Å²) in [7, 11) is -1.80. The van der Waals surface area contributed by atoms with Crippen LogP contribution in [0.1, 0.15) is 41.5 Å². The highest BCUT2D eigenvalue weighted by atomic mass is 35.5. The topological polar surface area (TPSA) is 17.8 Å². The quantitative estimate of drug-likeness (QED) is 0.590. The first-order chi connectivity index (χ1) is 9.74. The Bertz CT molecular complexity index is 625. The molecule has 0 saturated heterocycles. The average Bonchev–Trinajstić information content (AvgIpc) is 2.78. The molecule has 5 heteroatoms. The molecular formula is C16H24Cl2N2Si. The fourth-order valence-electron chi connectivity index (χ4n) is 4.18. The van der Waals surface area contributed by atoms with Crippen molar-refractivity contribution in [2.24, 2.45) is 0 Å². The van der Waals surface area contributed by atoms with Crippen LogP contribution in [0.15, 0.2) is 18.5 Å². The summed E-state index contributed by atoms with van der Waals surface area (Å²) in [6.07, 6.45) is 3.84. The lowest BCUT2D eigenvalue weighted by molar-refractivity contribution is 0.770. The van der Waals surface area contributed by atoms with Crippen molar-refractivity contribution in [1.82, 2.24) is 9.22 Å². The molecule has 0 fully saturated rings. The summed E-state index contributed by atoms with van der Waals surface area (Å²) in [4.78, 5) is 4.60. The number of rotatable bonds is 4. The standard InChI is InChI=1S/C16H24Cl2N2Si/c1-10(2)21(11(3)4,12(5)6)20-8-7-13-15(18)14(17)9-19-16(13)20/h7-12H,1-6H3. The highest BCUT2D eigenvalue weighted by Crippen LogP contribution is 2.44. The third-order valence-electron chi connectivity index (χ3n) is 4.80. The molecule has 0 bridgehead atoms. The van der Waals surface area contributed by atoms with Crippen molar-refractivity contribution in [3.05, 3.63) is 28.5 Å². The lowest BCUT2D eigenvalue weighted by atomic mass is 10.3. The van der Waals surface area contributed by atoms with Crippen molar-refractivity contribution in [2.75, 3.05) is 0 Å². The summed E-state index contributed by atoms with van der Waals surface area (Å²) in [5.74, 6) is 0. The Labute approximate surface area is 138 Å². The minimum absolute atomic E-state index is 0.521. The maximum atomic E-state index is 6.36. The van der Waals surface area contributed by atoms with Crippen LogP contribution in [0.25, 0.3) is 11.0 Å². The van der Waals surface area contributed by atoms with Gasteiger partial charge in [-0.1, -0.05) is 64.7 Å². The number of aromatic nitrogens is 2. The van der Waals surface area contributed by atoms with Crippen LogP contribution >= 0.6 is 23.2 Å². The van der Waals surface area contributed by atoms with Gasteiger partial charge in [-0.2, -0.15) is 0 Å². The van der Waals surface area contributed by atoms with Gasteiger partial charge in [0.1, 0.15) is 5.65 Å². The first-order valence-corrected chi connectivity index (χ1v) is 10.5. The molecule has 2 rings (SSSR count). The maximum Gasteiger partial charge on any atom is 0.171 e. The van der Waals surface area contributed by atoms with Gasteiger partial charge in [0.25, 0.3) is 0 Å². The van der Waals surface area contributed by atoms with Crippen molar-refractivity contribution in [1.29, 1.82) is 0 Å². The average molecular weight is 343 g/mol. The van der Waals surface area contributed by atoms with E-state index in [4.69, 9.17) is 23.2 Å². The van der Waals surface area contributed by atoms with Crippen molar-refractivity contribution in [3.8, 4) is 0 Å². The Hall–Kier alpha value is -0.513. The second-order valence-electron chi connectivity index (χ2n) is 6.69. The molecule has 2 aromatic heterocycles. The molecule has 0 atom stereocenters. The van der Waals surface area contributed by atoms with E-state index in [1.807, 2.05) is 0 Å². The van der Waals surface area contributed by atoms with Crippen LogP contribution in [-0.2, 0) is 0 Å². The molecule has 2 heterocycles. The van der Waals surface area contributed by atoms with Crippen LogP contribution in [0, 0.1) is 0 Å². The van der Waals surface area contributed by atoms with Crippen molar-refractivity contribution >= 4 is 42.5 Å². The molecule has 2 aromatic rings. The van der Waals surface area contributed by atoms with Gasteiger partial charge in [0, 0.05) is 11.6 Å². The first kappa shape index (κ1) is 16.9. The van der Waals surface area contributed by atoms with Crippen LogP contribution in [-0.4, -0.2) is 17.5 Å². The van der Waals surface area contributed by atoms with Gasteiger partial charge in [0.15, 0.2) is 8.24 Å². The normalized spacial score (nSPS) is 13.1. The zero-order chi connectivity index (χ0) is 15.9. The molecule has 0 radical (unpaired) electrons. The Morgan fingerprint density at radius 1 is 1.00 bits per heavy atom. The van der Waals surface area contributed by atoms with Crippen LogP contribution in [0.3, 0.4) is 0 Å². The van der Waals surface area contributed by atoms with Gasteiger partial charge in [-0.25, -0.2) is 4.98 Å². The third kappa shape index (κ3) is 2.43. The Kier molecular flexibility index (Phi) is 4.77. The van der Waals surface area contributed by atoms with Gasteiger partial charge in [-0.05, 0) is 28.9 Å². The molecule has 0 saturated carbocycles. The molecule has 0 aliphatic carbocycles. The van der Waals surface area contributed by atoms with Crippen LogP contribution in [0.4, 0.5) is 0 Å². The monoisotopic (exact) mass is 342 g/mol. The first-order valence-electron chi connectivity index (χ1n) is 7.56. The Morgan fingerprint density at radius 2 is 1.52 bits per heavy atom. The summed E-state index contributed by atoms with van der Waals surface area (Å²) in [6, 6.07) is 2.06. The van der Waals surface area contributed by atoms with E-state index in [-0.39, 0.29) is 0 Å². The molecule has 0 N–H and O–H groups in total. The molecule has 0 aliphatic heterocycles. The van der Waals surface area contributed by atoms with Gasteiger partial charge in [0.05, 0.1) is 10.0 Å². The van der Waals surface area contributed by atoms with Gasteiger partial charge in [0.2, 0.25) is 0 Å². The fourth-order valence-corrected chi connectivity index (χ4v) is 11.1. The van der Waals surface area contributed by atoms with Crippen molar-refractivity contribution in [2.45, 2.75) is 58.2 Å². The third-order valence-corrected chi connectivity index (χ3v) is 12.3. The largest absolute Gasteiger partial charge is 0.359 e. The number of fused-ring (bicyclic) bond motifs is 1. The number of hydrogen-bond acceptors (Lipinski definition) is 1. The molecule has 0 amide bonds. The van der Waals surface area contributed by atoms with E-state index >= 15 is 0 Å².